The van der Waals surface area contributed by atoms with Gasteiger partial charge < -0.3 is 4.90 Å². The standard InChI is InChI=1S/C14H24N2O/c1-12(2)11-16(10-6-9-15)14(17)13-7-4-3-5-8-13/h12-13H,3-8,10-11H2,1-2H3. The van der Waals surface area contributed by atoms with Crippen LogP contribution in [-0.4, -0.2) is 23.9 Å². The van der Waals surface area contributed by atoms with E-state index < -0.39 is 0 Å². The Morgan fingerprint density at radius 1 is 1.35 bits per heavy atom. The van der Waals surface area contributed by atoms with E-state index in [-0.39, 0.29) is 11.8 Å². The summed E-state index contributed by atoms with van der Waals surface area (Å²) in [5, 5.41) is 8.65. The molecule has 0 heterocycles. The van der Waals surface area contributed by atoms with Gasteiger partial charge >= 0.3 is 0 Å². The quantitative estimate of drug-likeness (QED) is 0.736. The van der Waals surface area contributed by atoms with Gasteiger partial charge in [0, 0.05) is 19.0 Å². The number of rotatable bonds is 5. The monoisotopic (exact) mass is 236 g/mol. The predicted octanol–water partition coefficient (Wildman–Crippen LogP) is 2.96. The van der Waals surface area contributed by atoms with Gasteiger partial charge in [-0.3, -0.25) is 4.79 Å². The van der Waals surface area contributed by atoms with E-state index in [0.29, 0.717) is 18.9 Å². The molecule has 1 amide bonds. The van der Waals surface area contributed by atoms with Crippen molar-refractivity contribution >= 4 is 5.91 Å². The van der Waals surface area contributed by atoms with Crippen molar-refractivity contribution in [2.75, 3.05) is 13.1 Å². The number of hydrogen-bond donors (Lipinski definition) is 0. The van der Waals surface area contributed by atoms with Gasteiger partial charge in [-0.25, -0.2) is 0 Å². The molecule has 1 aliphatic carbocycles. The van der Waals surface area contributed by atoms with E-state index in [2.05, 4.69) is 19.9 Å². The molecule has 0 aromatic carbocycles. The van der Waals surface area contributed by atoms with E-state index in [0.717, 1.165) is 19.4 Å². The molecule has 0 N–H and O–H groups in total. The number of carbonyl (C=O) groups is 1. The maximum Gasteiger partial charge on any atom is 0.225 e. The van der Waals surface area contributed by atoms with Crippen LogP contribution in [0.2, 0.25) is 0 Å². The summed E-state index contributed by atoms with van der Waals surface area (Å²) in [4.78, 5) is 14.3. The lowest BCUT2D eigenvalue weighted by Crippen LogP contribution is -2.39. The third-order valence-electron chi connectivity index (χ3n) is 3.35. The molecule has 0 aromatic rings. The van der Waals surface area contributed by atoms with Gasteiger partial charge in [-0.05, 0) is 18.8 Å². The Labute approximate surface area is 105 Å². The third-order valence-corrected chi connectivity index (χ3v) is 3.35. The summed E-state index contributed by atoms with van der Waals surface area (Å²) in [7, 11) is 0. The summed E-state index contributed by atoms with van der Waals surface area (Å²) in [5.74, 6) is 0.982. The van der Waals surface area contributed by atoms with Crippen molar-refractivity contribution in [3.63, 3.8) is 0 Å². The highest BCUT2D eigenvalue weighted by atomic mass is 16.2. The van der Waals surface area contributed by atoms with Crippen LogP contribution in [0.15, 0.2) is 0 Å². The minimum atomic E-state index is 0.223. The molecule has 0 spiro atoms. The number of hydrogen-bond acceptors (Lipinski definition) is 2. The van der Waals surface area contributed by atoms with Gasteiger partial charge in [0.2, 0.25) is 5.91 Å². The minimum absolute atomic E-state index is 0.223. The Bertz CT molecular complexity index is 274. The van der Waals surface area contributed by atoms with Crippen LogP contribution in [0.3, 0.4) is 0 Å². The normalized spacial score (nSPS) is 16.8. The number of carbonyl (C=O) groups excluding carboxylic acids is 1. The summed E-state index contributed by atoms with van der Waals surface area (Å²) in [6.07, 6.45) is 6.17. The van der Waals surface area contributed by atoms with E-state index in [1.807, 2.05) is 4.90 Å². The Balaban J connectivity index is 2.54. The molecule has 0 bridgehead atoms. The Kier molecular flexibility index (Phi) is 6.04. The van der Waals surface area contributed by atoms with Gasteiger partial charge in [0.1, 0.15) is 0 Å². The molecule has 1 saturated carbocycles. The zero-order valence-corrected chi connectivity index (χ0v) is 11.1. The molecule has 1 aliphatic rings. The molecule has 0 aromatic heterocycles. The van der Waals surface area contributed by atoms with Crippen molar-refractivity contribution in [2.24, 2.45) is 11.8 Å². The third kappa shape index (κ3) is 4.77. The van der Waals surface area contributed by atoms with Crippen LogP contribution in [0.25, 0.3) is 0 Å². The molecule has 0 aliphatic heterocycles. The van der Waals surface area contributed by atoms with E-state index in [1.54, 1.807) is 0 Å². The maximum absolute atomic E-state index is 12.4. The Morgan fingerprint density at radius 3 is 2.53 bits per heavy atom. The molecule has 3 nitrogen and oxygen atoms in total. The fourth-order valence-corrected chi connectivity index (χ4v) is 2.52. The topological polar surface area (TPSA) is 44.1 Å². The zero-order valence-electron chi connectivity index (χ0n) is 11.1. The summed E-state index contributed by atoms with van der Waals surface area (Å²) < 4.78 is 0. The second-order valence-corrected chi connectivity index (χ2v) is 5.42. The highest BCUT2D eigenvalue weighted by Crippen LogP contribution is 2.25. The van der Waals surface area contributed by atoms with E-state index in [1.165, 1.54) is 19.3 Å². The fraction of sp³-hybridized carbons (Fsp3) is 0.857. The molecule has 17 heavy (non-hydrogen) atoms. The van der Waals surface area contributed by atoms with Gasteiger partial charge in [0.15, 0.2) is 0 Å². The molecule has 0 unspecified atom stereocenters. The van der Waals surface area contributed by atoms with Crippen LogP contribution in [0.1, 0.15) is 52.4 Å². The van der Waals surface area contributed by atoms with Crippen LogP contribution < -0.4 is 0 Å². The smallest absolute Gasteiger partial charge is 0.225 e. The largest absolute Gasteiger partial charge is 0.341 e. The average molecular weight is 236 g/mol. The number of nitriles is 1. The van der Waals surface area contributed by atoms with Crippen molar-refractivity contribution in [2.45, 2.75) is 52.4 Å². The molecular weight excluding hydrogens is 212 g/mol. The molecule has 3 heteroatoms. The van der Waals surface area contributed by atoms with Crippen molar-refractivity contribution in [3.05, 3.63) is 0 Å². The Morgan fingerprint density at radius 2 is 2.00 bits per heavy atom. The molecular formula is C14H24N2O. The van der Waals surface area contributed by atoms with Crippen molar-refractivity contribution in [1.82, 2.24) is 4.90 Å². The number of amides is 1. The predicted molar refractivity (Wildman–Crippen MR) is 68.2 cm³/mol. The van der Waals surface area contributed by atoms with Gasteiger partial charge in [-0.15, -0.1) is 0 Å². The lowest BCUT2D eigenvalue weighted by molar-refractivity contribution is -0.137. The summed E-state index contributed by atoms with van der Waals surface area (Å²) in [6, 6.07) is 2.14. The molecule has 1 fully saturated rings. The van der Waals surface area contributed by atoms with Crippen molar-refractivity contribution in [3.8, 4) is 6.07 Å². The molecule has 0 radical (unpaired) electrons. The van der Waals surface area contributed by atoms with E-state index >= 15 is 0 Å². The summed E-state index contributed by atoms with van der Waals surface area (Å²) in [6.45, 7) is 5.63. The molecule has 1 rings (SSSR count). The second-order valence-electron chi connectivity index (χ2n) is 5.42. The lowest BCUT2D eigenvalue weighted by atomic mass is 9.88. The number of nitrogens with zero attached hydrogens (tertiary/aromatic N) is 2. The first kappa shape index (κ1) is 14.0. The van der Waals surface area contributed by atoms with Gasteiger partial charge in [0.05, 0.1) is 12.5 Å². The lowest BCUT2D eigenvalue weighted by Gasteiger charge is -2.30. The maximum atomic E-state index is 12.4. The van der Waals surface area contributed by atoms with Crippen LogP contribution in [0, 0.1) is 23.2 Å². The summed E-state index contributed by atoms with van der Waals surface area (Å²) >= 11 is 0. The molecule has 0 saturated heterocycles. The van der Waals surface area contributed by atoms with Gasteiger partial charge in [0.25, 0.3) is 0 Å². The van der Waals surface area contributed by atoms with Crippen LogP contribution >= 0.6 is 0 Å². The van der Waals surface area contributed by atoms with Crippen molar-refractivity contribution < 1.29 is 4.79 Å². The SMILES string of the molecule is CC(C)CN(CCC#N)C(=O)C1CCCCC1. The molecule has 96 valence electrons. The second kappa shape index (κ2) is 7.32. The highest BCUT2D eigenvalue weighted by molar-refractivity contribution is 5.78. The summed E-state index contributed by atoms with van der Waals surface area (Å²) in [5.41, 5.74) is 0. The van der Waals surface area contributed by atoms with E-state index in [9.17, 15) is 4.79 Å². The first-order valence-corrected chi connectivity index (χ1v) is 6.81. The fourth-order valence-electron chi connectivity index (χ4n) is 2.52. The van der Waals surface area contributed by atoms with Crippen LogP contribution in [0.5, 0.6) is 0 Å². The van der Waals surface area contributed by atoms with Crippen LogP contribution in [0.4, 0.5) is 0 Å². The first-order valence-electron chi connectivity index (χ1n) is 6.81. The Hall–Kier alpha value is -1.04. The van der Waals surface area contributed by atoms with Gasteiger partial charge in [-0.1, -0.05) is 33.1 Å². The zero-order chi connectivity index (χ0) is 12.7. The first-order chi connectivity index (χ1) is 8.15. The van der Waals surface area contributed by atoms with Crippen LogP contribution in [-0.2, 0) is 4.79 Å². The highest BCUT2D eigenvalue weighted by Gasteiger charge is 2.25. The average Bonchev–Trinajstić information content (AvgIpc) is 2.34. The minimum Gasteiger partial charge on any atom is -0.341 e. The van der Waals surface area contributed by atoms with Gasteiger partial charge in [-0.2, -0.15) is 5.26 Å². The van der Waals surface area contributed by atoms with E-state index in [4.69, 9.17) is 5.26 Å². The van der Waals surface area contributed by atoms with Crippen molar-refractivity contribution in [1.29, 1.82) is 5.26 Å². The molecule has 0 atom stereocenters.